The number of nitrogens with zero attached hydrogens (tertiary/aromatic N) is 1. The van der Waals surface area contributed by atoms with E-state index in [0.717, 1.165) is 33.9 Å². The van der Waals surface area contributed by atoms with Crippen molar-refractivity contribution in [1.82, 2.24) is 4.98 Å². The fourth-order valence-corrected chi connectivity index (χ4v) is 2.75. The summed E-state index contributed by atoms with van der Waals surface area (Å²) in [4.78, 5) is 27.7. The summed E-state index contributed by atoms with van der Waals surface area (Å²) in [5.74, 6) is -0.363. The summed E-state index contributed by atoms with van der Waals surface area (Å²) in [5.41, 5.74) is 5.61. The van der Waals surface area contributed by atoms with E-state index in [1.54, 1.807) is 18.3 Å². The number of amides is 2. The highest BCUT2D eigenvalue weighted by atomic mass is 16.2. The highest BCUT2D eigenvalue weighted by Gasteiger charge is 2.09. The van der Waals surface area contributed by atoms with Crippen LogP contribution in [0.3, 0.4) is 0 Å². The lowest BCUT2D eigenvalue weighted by atomic mass is 10.1. The van der Waals surface area contributed by atoms with Crippen LogP contribution in [0.15, 0.2) is 60.8 Å². The van der Waals surface area contributed by atoms with Gasteiger partial charge in [-0.05, 0) is 61.9 Å². The van der Waals surface area contributed by atoms with Gasteiger partial charge in [-0.25, -0.2) is 4.98 Å². The third-order valence-corrected chi connectivity index (χ3v) is 4.12. The molecule has 6 nitrogen and oxygen atoms in total. The quantitative estimate of drug-likeness (QED) is 0.607. The van der Waals surface area contributed by atoms with E-state index in [-0.39, 0.29) is 11.8 Å². The van der Waals surface area contributed by atoms with Gasteiger partial charge in [0.25, 0.3) is 5.91 Å². The Balaban J connectivity index is 1.64. The van der Waals surface area contributed by atoms with Gasteiger partial charge in [0.15, 0.2) is 0 Å². The molecule has 1 heterocycles. The highest BCUT2D eigenvalue weighted by molar-refractivity contribution is 6.03. The highest BCUT2D eigenvalue weighted by Crippen LogP contribution is 2.20. The number of rotatable bonds is 5. The molecule has 0 spiro atoms. The summed E-state index contributed by atoms with van der Waals surface area (Å²) in [5, 5.41) is 8.82. The lowest BCUT2D eigenvalue weighted by Gasteiger charge is -2.10. The minimum Gasteiger partial charge on any atom is -0.354 e. The standard InChI is InChI=1S/C22H22N4O2/c1-14-4-10-20(15(2)12-14)26-22(28)21-11-9-19(13-23-21)25-18-7-5-17(6-8-18)24-16(3)27/h4-13,25H,1-3H3,(H,24,27)(H,26,28). The molecule has 0 atom stereocenters. The second-order valence-electron chi connectivity index (χ2n) is 6.59. The number of anilines is 4. The average molecular weight is 374 g/mol. The fraction of sp³-hybridized carbons (Fsp3) is 0.136. The molecule has 0 radical (unpaired) electrons. The second kappa shape index (κ2) is 8.35. The Hall–Kier alpha value is -3.67. The predicted octanol–water partition coefficient (Wildman–Crippen LogP) is 4.65. The van der Waals surface area contributed by atoms with Crippen molar-refractivity contribution < 1.29 is 9.59 Å². The first-order chi connectivity index (χ1) is 13.4. The van der Waals surface area contributed by atoms with Crippen LogP contribution in [0.5, 0.6) is 0 Å². The van der Waals surface area contributed by atoms with E-state index in [0.29, 0.717) is 5.69 Å². The van der Waals surface area contributed by atoms with E-state index in [1.165, 1.54) is 6.92 Å². The topological polar surface area (TPSA) is 83.1 Å². The smallest absolute Gasteiger partial charge is 0.274 e. The van der Waals surface area contributed by atoms with Crippen molar-refractivity contribution in [2.24, 2.45) is 0 Å². The van der Waals surface area contributed by atoms with Crippen molar-refractivity contribution in [2.75, 3.05) is 16.0 Å². The molecule has 0 saturated heterocycles. The molecule has 0 fully saturated rings. The molecule has 0 unspecified atom stereocenters. The molecular formula is C22H22N4O2. The summed E-state index contributed by atoms with van der Waals surface area (Å²) in [6.07, 6.45) is 1.61. The van der Waals surface area contributed by atoms with Crippen LogP contribution in [0, 0.1) is 13.8 Å². The van der Waals surface area contributed by atoms with E-state index < -0.39 is 0 Å². The van der Waals surface area contributed by atoms with Crippen LogP contribution in [-0.4, -0.2) is 16.8 Å². The summed E-state index contributed by atoms with van der Waals surface area (Å²) < 4.78 is 0. The molecule has 1 aromatic heterocycles. The minimum absolute atomic E-state index is 0.111. The first-order valence-corrected chi connectivity index (χ1v) is 8.90. The number of nitrogens with one attached hydrogen (secondary N) is 3. The van der Waals surface area contributed by atoms with E-state index in [1.807, 2.05) is 56.3 Å². The molecule has 3 N–H and O–H groups in total. The lowest BCUT2D eigenvalue weighted by Crippen LogP contribution is -2.14. The van der Waals surface area contributed by atoms with E-state index in [2.05, 4.69) is 20.9 Å². The first-order valence-electron chi connectivity index (χ1n) is 8.90. The van der Waals surface area contributed by atoms with Crippen molar-refractivity contribution in [3.63, 3.8) is 0 Å². The molecule has 6 heteroatoms. The zero-order chi connectivity index (χ0) is 20.1. The van der Waals surface area contributed by atoms with E-state index in [4.69, 9.17) is 0 Å². The lowest BCUT2D eigenvalue weighted by molar-refractivity contribution is -0.114. The van der Waals surface area contributed by atoms with Gasteiger partial charge in [-0.2, -0.15) is 0 Å². The van der Waals surface area contributed by atoms with Crippen molar-refractivity contribution in [3.8, 4) is 0 Å². The van der Waals surface area contributed by atoms with Gasteiger partial charge in [0, 0.05) is 24.0 Å². The third-order valence-electron chi connectivity index (χ3n) is 4.12. The Bertz CT molecular complexity index is 996. The summed E-state index contributed by atoms with van der Waals surface area (Å²) >= 11 is 0. The predicted molar refractivity (Wildman–Crippen MR) is 112 cm³/mol. The molecule has 0 aliphatic carbocycles. The van der Waals surface area contributed by atoms with Gasteiger partial charge in [0.1, 0.15) is 5.69 Å². The van der Waals surface area contributed by atoms with Crippen LogP contribution < -0.4 is 16.0 Å². The van der Waals surface area contributed by atoms with Crippen LogP contribution >= 0.6 is 0 Å². The third kappa shape index (κ3) is 4.94. The van der Waals surface area contributed by atoms with Crippen molar-refractivity contribution in [3.05, 3.63) is 77.6 Å². The number of hydrogen-bond donors (Lipinski definition) is 3. The number of carbonyl (C=O) groups is 2. The normalized spacial score (nSPS) is 10.2. The van der Waals surface area contributed by atoms with Crippen LogP contribution in [0.25, 0.3) is 0 Å². The Morgan fingerprint density at radius 3 is 2.11 bits per heavy atom. The van der Waals surface area contributed by atoms with Gasteiger partial charge >= 0.3 is 0 Å². The number of hydrogen-bond acceptors (Lipinski definition) is 4. The molecule has 2 aromatic carbocycles. The van der Waals surface area contributed by atoms with Gasteiger partial charge in [0.2, 0.25) is 5.91 Å². The Labute approximate surface area is 164 Å². The molecule has 2 amide bonds. The van der Waals surface area contributed by atoms with Gasteiger partial charge in [-0.3, -0.25) is 9.59 Å². The number of aromatic nitrogens is 1. The van der Waals surface area contributed by atoms with Gasteiger partial charge in [-0.15, -0.1) is 0 Å². The molecular weight excluding hydrogens is 352 g/mol. The van der Waals surface area contributed by atoms with Gasteiger partial charge in [-0.1, -0.05) is 17.7 Å². The first kappa shape index (κ1) is 19.1. The van der Waals surface area contributed by atoms with Crippen molar-refractivity contribution in [1.29, 1.82) is 0 Å². The van der Waals surface area contributed by atoms with Gasteiger partial charge in [0.05, 0.1) is 11.9 Å². The Kier molecular flexibility index (Phi) is 5.69. The van der Waals surface area contributed by atoms with E-state index >= 15 is 0 Å². The van der Waals surface area contributed by atoms with Crippen molar-refractivity contribution in [2.45, 2.75) is 20.8 Å². The Morgan fingerprint density at radius 1 is 0.821 bits per heavy atom. The second-order valence-corrected chi connectivity index (χ2v) is 6.59. The van der Waals surface area contributed by atoms with Crippen LogP contribution in [0.4, 0.5) is 22.7 Å². The maximum Gasteiger partial charge on any atom is 0.274 e. The number of aryl methyl sites for hydroxylation is 2. The van der Waals surface area contributed by atoms with Crippen LogP contribution in [-0.2, 0) is 4.79 Å². The number of carbonyl (C=O) groups excluding carboxylic acids is 2. The summed E-state index contributed by atoms with van der Waals surface area (Å²) in [6.45, 7) is 5.44. The van der Waals surface area contributed by atoms with Crippen LogP contribution in [0.1, 0.15) is 28.5 Å². The average Bonchev–Trinajstić information content (AvgIpc) is 2.66. The SMILES string of the molecule is CC(=O)Nc1ccc(Nc2ccc(C(=O)Nc3ccc(C)cc3C)nc2)cc1. The summed E-state index contributed by atoms with van der Waals surface area (Å²) in [6, 6.07) is 16.7. The molecule has 3 rings (SSSR count). The molecule has 0 bridgehead atoms. The summed E-state index contributed by atoms with van der Waals surface area (Å²) in [7, 11) is 0. The molecule has 0 aliphatic rings. The minimum atomic E-state index is -0.252. The molecule has 142 valence electrons. The molecule has 3 aromatic rings. The number of pyridine rings is 1. The zero-order valence-electron chi connectivity index (χ0n) is 16.0. The Morgan fingerprint density at radius 2 is 1.50 bits per heavy atom. The maximum absolute atomic E-state index is 12.4. The van der Waals surface area contributed by atoms with Crippen molar-refractivity contribution >= 4 is 34.6 Å². The monoisotopic (exact) mass is 374 g/mol. The zero-order valence-corrected chi connectivity index (χ0v) is 16.0. The maximum atomic E-state index is 12.4. The van der Waals surface area contributed by atoms with Gasteiger partial charge < -0.3 is 16.0 Å². The number of benzene rings is 2. The largest absolute Gasteiger partial charge is 0.354 e. The molecule has 0 saturated carbocycles. The van der Waals surface area contributed by atoms with E-state index in [9.17, 15) is 9.59 Å². The fourth-order valence-electron chi connectivity index (χ4n) is 2.75. The van der Waals surface area contributed by atoms with Crippen LogP contribution in [0.2, 0.25) is 0 Å². The molecule has 0 aliphatic heterocycles. The molecule has 28 heavy (non-hydrogen) atoms.